The van der Waals surface area contributed by atoms with Crippen LogP contribution in [0.2, 0.25) is 0 Å². The molecule has 2 N–H and O–H groups in total. The third-order valence-corrected chi connectivity index (χ3v) is 6.38. The van der Waals surface area contributed by atoms with Gasteiger partial charge in [0, 0.05) is 16.8 Å². The van der Waals surface area contributed by atoms with Crippen molar-refractivity contribution >= 4 is 17.6 Å². The van der Waals surface area contributed by atoms with Gasteiger partial charge in [0.1, 0.15) is 11.4 Å². The molecule has 38 heavy (non-hydrogen) atoms. The summed E-state index contributed by atoms with van der Waals surface area (Å²) < 4.78 is 16.0. The number of rotatable bonds is 8. The predicted octanol–water partition coefficient (Wildman–Crippen LogP) is 5.12. The number of carbonyl (C=O) groups excluding carboxylic acids is 2. The normalized spacial score (nSPS) is 14.3. The molecule has 1 aliphatic rings. The van der Waals surface area contributed by atoms with Crippen molar-refractivity contribution in [3.8, 4) is 28.5 Å². The van der Waals surface area contributed by atoms with Gasteiger partial charge in [0.25, 0.3) is 5.91 Å². The maximum absolute atomic E-state index is 13.8. The van der Waals surface area contributed by atoms with Gasteiger partial charge >= 0.3 is 5.97 Å². The van der Waals surface area contributed by atoms with Crippen molar-refractivity contribution in [2.24, 2.45) is 0 Å². The van der Waals surface area contributed by atoms with E-state index in [1.54, 1.807) is 48.2 Å². The van der Waals surface area contributed by atoms with Gasteiger partial charge < -0.3 is 19.3 Å². The third kappa shape index (κ3) is 4.32. The lowest BCUT2D eigenvalue weighted by molar-refractivity contribution is 0.0526. The van der Waals surface area contributed by atoms with E-state index < -0.39 is 12.0 Å². The first-order valence-corrected chi connectivity index (χ1v) is 12.3. The van der Waals surface area contributed by atoms with Crippen molar-refractivity contribution in [3.05, 3.63) is 89.1 Å². The molecule has 2 heterocycles. The number of hydrogen-bond donors (Lipinski definition) is 2. The van der Waals surface area contributed by atoms with Crippen LogP contribution in [0.5, 0.6) is 17.2 Å². The minimum atomic E-state index is -0.583. The minimum Gasteiger partial charge on any atom is -0.504 e. The Bertz CT molecular complexity index is 1480. The van der Waals surface area contributed by atoms with E-state index >= 15 is 0 Å². The van der Waals surface area contributed by atoms with Crippen molar-refractivity contribution in [1.29, 1.82) is 0 Å². The number of hydrogen-bond acceptors (Lipinski definition) is 7. The largest absolute Gasteiger partial charge is 0.504 e. The van der Waals surface area contributed by atoms with Crippen LogP contribution in [-0.4, -0.2) is 47.5 Å². The second-order valence-corrected chi connectivity index (χ2v) is 8.59. The van der Waals surface area contributed by atoms with Crippen molar-refractivity contribution < 1.29 is 28.9 Å². The summed E-state index contributed by atoms with van der Waals surface area (Å²) in [5.74, 6) is 0.310. The Balaban J connectivity index is 1.63. The smallest absolute Gasteiger partial charge is 0.338 e. The molecule has 0 saturated heterocycles. The van der Waals surface area contributed by atoms with Crippen LogP contribution in [0, 0.1) is 0 Å². The highest BCUT2D eigenvalue weighted by atomic mass is 16.5. The molecule has 5 rings (SSSR count). The number of methoxy groups -OCH3 is 1. The highest BCUT2D eigenvalue weighted by Gasteiger charge is 2.43. The fourth-order valence-corrected chi connectivity index (χ4v) is 4.66. The zero-order chi connectivity index (χ0) is 26.8. The van der Waals surface area contributed by atoms with E-state index in [0.717, 1.165) is 16.9 Å². The Morgan fingerprint density at radius 3 is 2.42 bits per heavy atom. The lowest BCUT2D eigenvalue weighted by Crippen LogP contribution is -2.29. The van der Waals surface area contributed by atoms with E-state index in [1.165, 1.54) is 13.2 Å². The molecule has 0 bridgehead atoms. The highest BCUT2D eigenvalue weighted by molar-refractivity contribution is 6.12. The maximum atomic E-state index is 13.8. The molecule has 1 aromatic heterocycles. The second kappa shape index (κ2) is 10.3. The molecule has 1 aliphatic heterocycles. The van der Waals surface area contributed by atoms with Gasteiger partial charge in [-0.05, 0) is 80.1 Å². The number of amides is 1. The number of anilines is 1. The molecular formula is C29H27N3O6. The van der Waals surface area contributed by atoms with Crippen LogP contribution in [-0.2, 0) is 4.74 Å². The van der Waals surface area contributed by atoms with Gasteiger partial charge in [0.15, 0.2) is 11.5 Å². The number of aromatic amines is 1. The lowest BCUT2D eigenvalue weighted by Gasteiger charge is -2.27. The Hall–Kier alpha value is -4.79. The molecule has 0 unspecified atom stereocenters. The van der Waals surface area contributed by atoms with Gasteiger partial charge in [-0.15, -0.1) is 0 Å². The van der Waals surface area contributed by atoms with Crippen LogP contribution in [0.15, 0.2) is 66.7 Å². The van der Waals surface area contributed by atoms with E-state index in [-0.39, 0.29) is 24.0 Å². The first kappa shape index (κ1) is 24.9. The average molecular weight is 514 g/mol. The third-order valence-electron chi connectivity index (χ3n) is 6.38. The average Bonchev–Trinajstić information content (AvgIpc) is 3.49. The molecule has 0 aliphatic carbocycles. The van der Waals surface area contributed by atoms with E-state index in [2.05, 4.69) is 10.2 Å². The number of H-pyrrole nitrogens is 1. The second-order valence-electron chi connectivity index (χ2n) is 8.59. The van der Waals surface area contributed by atoms with Crippen LogP contribution in [0.1, 0.15) is 51.9 Å². The number of phenolic OH excluding ortho intramolecular Hbond substituents is 1. The number of nitrogens with zero attached hydrogens (tertiary/aromatic N) is 2. The fraction of sp³-hybridized carbons (Fsp3) is 0.207. The SMILES string of the molecule is CCOC(=O)c1ccc(N2C(=O)c3[nH]nc(-c4ccc(OCC)cc4)c3[C@H]2c2ccc(O)c(OC)c2)cc1. The molecule has 0 saturated carbocycles. The van der Waals surface area contributed by atoms with Crippen molar-refractivity contribution in [1.82, 2.24) is 10.2 Å². The summed E-state index contributed by atoms with van der Waals surface area (Å²) in [5, 5.41) is 17.7. The van der Waals surface area contributed by atoms with Crippen molar-refractivity contribution in [3.63, 3.8) is 0 Å². The van der Waals surface area contributed by atoms with Gasteiger partial charge in [-0.1, -0.05) is 6.07 Å². The Labute approximate surface area is 219 Å². The first-order valence-electron chi connectivity index (χ1n) is 12.3. The van der Waals surface area contributed by atoms with Gasteiger partial charge in [0.2, 0.25) is 0 Å². The fourth-order valence-electron chi connectivity index (χ4n) is 4.66. The Kier molecular flexibility index (Phi) is 6.74. The van der Waals surface area contributed by atoms with Crippen LogP contribution >= 0.6 is 0 Å². The summed E-state index contributed by atoms with van der Waals surface area (Å²) in [6, 6.07) is 18.6. The van der Waals surface area contributed by atoms with Crippen molar-refractivity contribution in [2.45, 2.75) is 19.9 Å². The minimum absolute atomic E-state index is 0.00920. The molecule has 9 nitrogen and oxygen atoms in total. The molecule has 4 aromatic rings. The maximum Gasteiger partial charge on any atom is 0.338 e. The molecule has 9 heteroatoms. The van der Waals surface area contributed by atoms with Gasteiger partial charge in [-0.3, -0.25) is 14.8 Å². The molecule has 0 radical (unpaired) electrons. The topological polar surface area (TPSA) is 114 Å². The zero-order valence-electron chi connectivity index (χ0n) is 21.2. The Morgan fingerprint density at radius 2 is 1.76 bits per heavy atom. The predicted molar refractivity (Wildman–Crippen MR) is 141 cm³/mol. The first-order chi connectivity index (χ1) is 18.5. The molecule has 0 spiro atoms. The van der Waals surface area contributed by atoms with Crippen LogP contribution in [0.4, 0.5) is 5.69 Å². The molecular weight excluding hydrogens is 486 g/mol. The van der Waals surface area contributed by atoms with Crippen LogP contribution in [0.25, 0.3) is 11.3 Å². The van der Waals surface area contributed by atoms with Gasteiger partial charge in [-0.25, -0.2) is 4.79 Å². The van der Waals surface area contributed by atoms with Crippen LogP contribution in [0.3, 0.4) is 0 Å². The number of ether oxygens (including phenoxy) is 3. The zero-order valence-corrected chi connectivity index (χ0v) is 21.2. The van der Waals surface area contributed by atoms with Crippen LogP contribution < -0.4 is 14.4 Å². The molecule has 0 fully saturated rings. The quantitative estimate of drug-likeness (QED) is 0.315. The monoisotopic (exact) mass is 513 g/mol. The molecule has 1 atom stereocenters. The number of carbonyl (C=O) groups is 2. The summed E-state index contributed by atoms with van der Waals surface area (Å²) >= 11 is 0. The summed E-state index contributed by atoms with van der Waals surface area (Å²) in [5.41, 5.74) is 4.19. The number of aromatic hydroxyl groups is 1. The summed E-state index contributed by atoms with van der Waals surface area (Å²) in [6.45, 7) is 4.49. The summed E-state index contributed by atoms with van der Waals surface area (Å²) in [6.07, 6.45) is 0. The highest BCUT2D eigenvalue weighted by Crippen LogP contribution is 2.46. The Morgan fingerprint density at radius 1 is 1.03 bits per heavy atom. The number of fused-ring (bicyclic) bond motifs is 1. The number of aromatic nitrogens is 2. The van der Waals surface area contributed by atoms with Gasteiger partial charge in [-0.2, -0.15) is 5.10 Å². The number of phenols is 1. The summed E-state index contributed by atoms with van der Waals surface area (Å²) in [4.78, 5) is 27.6. The number of nitrogens with one attached hydrogen (secondary N) is 1. The van der Waals surface area contributed by atoms with E-state index in [9.17, 15) is 14.7 Å². The van der Waals surface area contributed by atoms with E-state index in [1.807, 2.05) is 31.2 Å². The summed E-state index contributed by atoms with van der Waals surface area (Å²) in [7, 11) is 1.47. The van der Waals surface area contributed by atoms with E-state index in [4.69, 9.17) is 14.2 Å². The lowest BCUT2D eigenvalue weighted by atomic mass is 9.95. The number of benzene rings is 3. The standard InChI is InChI=1S/C29H27N3O6/c1-4-37-21-13-8-17(9-14-21)25-24-26(31-30-25)28(34)32(20-11-6-18(7-12-20)29(35)38-5-2)27(24)19-10-15-22(33)23(16-19)36-3/h6-16,27,33H,4-5H2,1-3H3,(H,30,31)/t27-/m1/s1. The molecule has 3 aromatic carbocycles. The molecule has 1 amide bonds. The van der Waals surface area contributed by atoms with Crippen molar-refractivity contribution in [2.75, 3.05) is 25.2 Å². The van der Waals surface area contributed by atoms with Gasteiger partial charge in [0.05, 0.1) is 37.6 Å². The number of esters is 1. The molecule has 194 valence electrons. The van der Waals surface area contributed by atoms with E-state index in [0.29, 0.717) is 34.8 Å².